The van der Waals surface area contributed by atoms with Gasteiger partial charge in [0.05, 0.1) is 12.0 Å². The lowest BCUT2D eigenvalue weighted by molar-refractivity contribution is -0.139. The van der Waals surface area contributed by atoms with Crippen LogP contribution in [0.2, 0.25) is 0 Å². The van der Waals surface area contributed by atoms with Gasteiger partial charge in [-0.2, -0.15) is 13.2 Å². The van der Waals surface area contributed by atoms with E-state index in [1.54, 1.807) is 48.5 Å². The molecule has 0 atom stereocenters. The number of alkyl halides is 3. The van der Waals surface area contributed by atoms with Crippen LogP contribution >= 0.6 is 0 Å². The first-order valence-corrected chi connectivity index (χ1v) is 10.1. The molecular weight excluding hydrogens is 437 g/mol. The number of aliphatic carboxylic acids is 1. The molecule has 1 aromatic heterocycles. The van der Waals surface area contributed by atoms with E-state index in [9.17, 15) is 18.0 Å². The van der Waals surface area contributed by atoms with Crippen LogP contribution in [-0.4, -0.2) is 22.6 Å². The second kappa shape index (κ2) is 9.33. The first kappa shape index (κ1) is 22.3. The van der Waals surface area contributed by atoms with Gasteiger partial charge in [-0.15, -0.1) is 0 Å². The number of oxazole rings is 1. The van der Waals surface area contributed by atoms with Crippen molar-refractivity contribution in [2.45, 2.75) is 19.1 Å². The van der Waals surface area contributed by atoms with Crippen LogP contribution < -0.4 is 10.1 Å². The molecule has 170 valence electrons. The van der Waals surface area contributed by atoms with Gasteiger partial charge in [0.15, 0.2) is 5.58 Å². The van der Waals surface area contributed by atoms with E-state index >= 15 is 0 Å². The number of hydrogen-bond donors (Lipinski definition) is 2. The number of nitrogens with zero attached hydrogens (tertiary/aromatic N) is 1. The normalized spacial score (nSPS) is 11.6. The van der Waals surface area contributed by atoms with E-state index in [-0.39, 0.29) is 23.6 Å². The summed E-state index contributed by atoms with van der Waals surface area (Å²) >= 11 is 0. The number of carboxylic acid groups (broad SMARTS) is 1. The highest BCUT2D eigenvalue weighted by atomic mass is 19.4. The molecule has 0 saturated heterocycles. The molecule has 0 spiro atoms. The van der Waals surface area contributed by atoms with Crippen molar-refractivity contribution in [3.63, 3.8) is 0 Å². The Morgan fingerprint density at radius 3 is 2.58 bits per heavy atom. The van der Waals surface area contributed by atoms with Gasteiger partial charge >= 0.3 is 12.1 Å². The molecule has 0 bridgehead atoms. The number of aromatic nitrogens is 1. The lowest BCUT2D eigenvalue weighted by Crippen LogP contribution is -2.17. The fourth-order valence-corrected chi connectivity index (χ4v) is 3.22. The predicted octanol–water partition coefficient (Wildman–Crippen LogP) is 5.87. The Hall–Kier alpha value is -3.85. The van der Waals surface area contributed by atoms with Gasteiger partial charge in [-0.1, -0.05) is 24.3 Å². The Kier molecular flexibility index (Phi) is 6.32. The van der Waals surface area contributed by atoms with Crippen molar-refractivity contribution in [3.8, 4) is 23.0 Å². The van der Waals surface area contributed by atoms with Gasteiger partial charge in [-0.3, -0.25) is 4.79 Å². The molecule has 33 heavy (non-hydrogen) atoms. The zero-order chi connectivity index (χ0) is 23.4. The van der Waals surface area contributed by atoms with Crippen LogP contribution in [-0.2, 0) is 17.5 Å². The zero-order valence-electron chi connectivity index (χ0n) is 17.2. The average molecular weight is 456 g/mol. The van der Waals surface area contributed by atoms with E-state index in [1.165, 1.54) is 12.1 Å². The van der Waals surface area contributed by atoms with Gasteiger partial charge in [0.1, 0.15) is 17.0 Å². The summed E-state index contributed by atoms with van der Waals surface area (Å²) in [5.41, 5.74) is 0.989. The number of para-hydroxylation sites is 1. The van der Waals surface area contributed by atoms with Crippen LogP contribution in [0, 0.1) is 0 Å². The molecule has 0 fully saturated rings. The third-order valence-corrected chi connectivity index (χ3v) is 4.80. The Balaban J connectivity index is 1.60. The van der Waals surface area contributed by atoms with Crippen LogP contribution in [0.25, 0.3) is 22.6 Å². The molecule has 0 aliphatic heterocycles. The maximum atomic E-state index is 13.7. The SMILES string of the molecule is O=C(O)CCNCc1ccc2oc(-c3ccc(Oc4ccccc4)c(C(F)(F)F)c3)nc2c1. The highest BCUT2D eigenvalue weighted by Gasteiger charge is 2.35. The molecule has 0 saturated carbocycles. The Labute approximate surface area is 186 Å². The van der Waals surface area contributed by atoms with Crippen LogP contribution in [0.4, 0.5) is 13.2 Å². The number of hydrogen-bond acceptors (Lipinski definition) is 5. The highest BCUT2D eigenvalue weighted by molar-refractivity contribution is 5.77. The molecule has 4 rings (SSSR count). The zero-order valence-corrected chi connectivity index (χ0v) is 17.2. The van der Waals surface area contributed by atoms with Crippen molar-refractivity contribution in [1.82, 2.24) is 10.3 Å². The molecular formula is C24H19F3N2O4. The van der Waals surface area contributed by atoms with Crippen molar-refractivity contribution in [3.05, 3.63) is 77.9 Å². The summed E-state index contributed by atoms with van der Waals surface area (Å²) < 4.78 is 52.3. The summed E-state index contributed by atoms with van der Waals surface area (Å²) in [6.45, 7) is 0.740. The average Bonchev–Trinajstić information content (AvgIpc) is 3.20. The van der Waals surface area contributed by atoms with E-state index in [4.69, 9.17) is 14.3 Å². The molecule has 2 N–H and O–H groups in total. The minimum absolute atomic E-state index is 0.00186. The summed E-state index contributed by atoms with van der Waals surface area (Å²) in [6, 6.07) is 17.1. The number of halogens is 3. The second-order valence-electron chi connectivity index (χ2n) is 7.27. The Morgan fingerprint density at radius 1 is 1.06 bits per heavy atom. The maximum absolute atomic E-state index is 13.7. The number of benzene rings is 3. The van der Waals surface area contributed by atoms with E-state index in [0.717, 1.165) is 11.6 Å². The van der Waals surface area contributed by atoms with E-state index < -0.39 is 17.7 Å². The topological polar surface area (TPSA) is 84.6 Å². The molecule has 0 amide bonds. The predicted molar refractivity (Wildman–Crippen MR) is 115 cm³/mol. The molecule has 0 unspecified atom stereocenters. The lowest BCUT2D eigenvalue weighted by Gasteiger charge is -2.14. The fraction of sp³-hybridized carbons (Fsp3) is 0.167. The third kappa shape index (κ3) is 5.50. The number of ether oxygens (including phenoxy) is 1. The van der Waals surface area contributed by atoms with Crippen LogP contribution in [0.15, 0.2) is 71.1 Å². The van der Waals surface area contributed by atoms with Crippen molar-refractivity contribution >= 4 is 17.1 Å². The fourth-order valence-electron chi connectivity index (χ4n) is 3.22. The van der Waals surface area contributed by atoms with Crippen LogP contribution in [0.5, 0.6) is 11.5 Å². The van der Waals surface area contributed by atoms with Gasteiger partial charge < -0.3 is 19.6 Å². The summed E-state index contributed by atoms with van der Waals surface area (Å²) in [5.74, 6) is -0.861. The van der Waals surface area contributed by atoms with Crippen LogP contribution in [0.1, 0.15) is 17.5 Å². The Morgan fingerprint density at radius 2 is 1.85 bits per heavy atom. The first-order valence-electron chi connectivity index (χ1n) is 10.1. The Bertz CT molecular complexity index is 1270. The highest BCUT2D eigenvalue weighted by Crippen LogP contribution is 2.40. The number of nitrogens with one attached hydrogen (secondary N) is 1. The smallest absolute Gasteiger partial charge is 0.420 e. The number of carbonyl (C=O) groups is 1. The monoisotopic (exact) mass is 456 g/mol. The van der Waals surface area contributed by atoms with Gasteiger partial charge in [0, 0.05) is 18.7 Å². The van der Waals surface area contributed by atoms with Gasteiger partial charge in [0.25, 0.3) is 0 Å². The van der Waals surface area contributed by atoms with Crippen molar-refractivity contribution in [1.29, 1.82) is 0 Å². The molecule has 6 nitrogen and oxygen atoms in total. The molecule has 4 aromatic rings. The molecule has 3 aromatic carbocycles. The van der Waals surface area contributed by atoms with E-state index in [0.29, 0.717) is 29.9 Å². The summed E-state index contributed by atoms with van der Waals surface area (Å²) in [5, 5.41) is 11.7. The van der Waals surface area contributed by atoms with Crippen LogP contribution in [0.3, 0.4) is 0 Å². The van der Waals surface area contributed by atoms with Gasteiger partial charge in [-0.05, 0) is 48.0 Å². The molecule has 0 radical (unpaired) electrons. The molecule has 0 aliphatic rings. The van der Waals surface area contributed by atoms with Gasteiger partial charge in [0.2, 0.25) is 5.89 Å². The first-order chi connectivity index (χ1) is 15.8. The minimum Gasteiger partial charge on any atom is -0.481 e. The second-order valence-corrected chi connectivity index (χ2v) is 7.27. The van der Waals surface area contributed by atoms with E-state index in [2.05, 4.69) is 10.3 Å². The quantitative estimate of drug-likeness (QED) is 0.323. The van der Waals surface area contributed by atoms with Crippen molar-refractivity contribution in [2.24, 2.45) is 0 Å². The number of carboxylic acids is 1. The van der Waals surface area contributed by atoms with Gasteiger partial charge in [-0.25, -0.2) is 4.98 Å². The summed E-state index contributed by atoms with van der Waals surface area (Å²) in [6.07, 6.45) is -4.64. The van der Waals surface area contributed by atoms with E-state index in [1.807, 2.05) is 0 Å². The molecule has 9 heteroatoms. The van der Waals surface area contributed by atoms with Crippen molar-refractivity contribution in [2.75, 3.05) is 6.54 Å². The minimum atomic E-state index is -4.64. The summed E-state index contributed by atoms with van der Waals surface area (Å²) in [7, 11) is 0. The third-order valence-electron chi connectivity index (χ3n) is 4.80. The molecule has 0 aliphatic carbocycles. The number of fused-ring (bicyclic) bond motifs is 1. The summed E-state index contributed by atoms with van der Waals surface area (Å²) in [4.78, 5) is 14.9. The lowest BCUT2D eigenvalue weighted by atomic mass is 10.1. The largest absolute Gasteiger partial charge is 0.481 e. The standard InChI is InChI=1S/C24H19F3N2O4/c25-24(26,27)18-13-16(7-9-20(18)32-17-4-2-1-3-5-17)23-29-19-12-15(6-8-21(19)33-23)14-28-11-10-22(30)31/h1-9,12-13,28H,10-11,14H2,(H,30,31). The molecule has 1 heterocycles. The maximum Gasteiger partial charge on any atom is 0.420 e. The number of rotatable bonds is 8. The van der Waals surface area contributed by atoms with Crippen molar-refractivity contribution < 1.29 is 32.2 Å².